The molecule has 1 amide bonds. The van der Waals surface area contributed by atoms with E-state index in [9.17, 15) is 4.79 Å². The zero-order valence-corrected chi connectivity index (χ0v) is 12.8. The van der Waals surface area contributed by atoms with Crippen LogP contribution in [-0.2, 0) is 4.79 Å². The van der Waals surface area contributed by atoms with Gasteiger partial charge in [-0.15, -0.1) is 0 Å². The highest BCUT2D eigenvalue weighted by Crippen LogP contribution is 2.25. The minimum Gasteiger partial charge on any atom is -0.480 e. The van der Waals surface area contributed by atoms with Gasteiger partial charge in [-0.2, -0.15) is 0 Å². The predicted molar refractivity (Wildman–Crippen MR) is 78.3 cm³/mol. The second-order valence-electron chi connectivity index (χ2n) is 4.78. The van der Waals surface area contributed by atoms with E-state index in [2.05, 4.69) is 28.2 Å². The van der Waals surface area contributed by atoms with Crippen LogP contribution in [0.5, 0.6) is 5.75 Å². The zero-order chi connectivity index (χ0) is 13.8. The molecule has 5 heteroatoms. The fourth-order valence-corrected chi connectivity index (χ4v) is 2.56. The van der Waals surface area contributed by atoms with Gasteiger partial charge >= 0.3 is 0 Å². The Morgan fingerprint density at radius 3 is 2.95 bits per heavy atom. The molecule has 0 spiro atoms. The molecule has 1 N–H and O–H groups in total. The number of hydrogen-bond donors (Lipinski definition) is 1. The van der Waals surface area contributed by atoms with Crippen molar-refractivity contribution in [2.75, 3.05) is 19.6 Å². The zero-order valence-electron chi connectivity index (χ0n) is 11.2. The Hall–Kier alpha value is -1.07. The van der Waals surface area contributed by atoms with Gasteiger partial charge < -0.3 is 15.0 Å². The monoisotopic (exact) mass is 326 g/mol. The molecule has 104 valence electrons. The summed E-state index contributed by atoms with van der Waals surface area (Å²) in [6, 6.07) is 7.79. The van der Waals surface area contributed by atoms with Crippen molar-refractivity contribution in [3.63, 3.8) is 0 Å². The van der Waals surface area contributed by atoms with Crippen LogP contribution in [0.3, 0.4) is 0 Å². The SMILES string of the molecule is C[C@@H](Oc1ccccc1Br)C(=O)N1CCNC[C@@H]1C. The molecule has 1 aliphatic heterocycles. The molecule has 1 fully saturated rings. The number of carbonyl (C=O) groups excluding carboxylic acids is 1. The third-order valence-electron chi connectivity index (χ3n) is 3.27. The maximum atomic E-state index is 12.4. The van der Waals surface area contributed by atoms with Gasteiger partial charge in [0.15, 0.2) is 6.10 Å². The molecule has 0 radical (unpaired) electrons. The number of halogens is 1. The average molecular weight is 327 g/mol. The predicted octanol–water partition coefficient (Wildman–Crippen LogP) is 2.04. The number of hydrogen-bond acceptors (Lipinski definition) is 3. The van der Waals surface area contributed by atoms with Crippen LogP contribution in [0, 0.1) is 0 Å². The van der Waals surface area contributed by atoms with E-state index in [4.69, 9.17) is 4.74 Å². The lowest BCUT2D eigenvalue weighted by Gasteiger charge is -2.35. The molecule has 1 aromatic carbocycles. The fraction of sp³-hybridized carbons (Fsp3) is 0.500. The summed E-state index contributed by atoms with van der Waals surface area (Å²) in [5, 5.41) is 3.27. The van der Waals surface area contributed by atoms with Gasteiger partial charge in [0.1, 0.15) is 5.75 Å². The Labute approximate surface area is 122 Å². The number of nitrogens with one attached hydrogen (secondary N) is 1. The van der Waals surface area contributed by atoms with Crippen molar-refractivity contribution in [2.45, 2.75) is 26.0 Å². The summed E-state index contributed by atoms with van der Waals surface area (Å²) in [5.74, 6) is 0.746. The maximum Gasteiger partial charge on any atom is 0.263 e. The van der Waals surface area contributed by atoms with Crippen LogP contribution in [0.4, 0.5) is 0 Å². The molecule has 2 atom stereocenters. The second-order valence-corrected chi connectivity index (χ2v) is 5.63. The number of ether oxygens (including phenoxy) is 1. The topological polar surface area (TPSA) is 41.6 Å². The van der Waals surface area contributed by atoms with E-state index in [-0.39, 0.29) is 11.9 Å². The van der Waals surface area contributed by atoms with Crippen LogP contribution >= 0.6 is 15.9 Å². The quantitative estimate of drug-likeness (QED) is 0.924. The highest BCUT2D eigenvalue weighted by molar-refractivity contribution is 9.10. The molecule has 1 aromatic rings. The molecule has 0 saturated carbocycles. The first-order valence-corrected chi connectivity index (χ1v) is 7.31. The van der Waals surface area contributed by atoms with Crippen LogP contribution in [0.1, 0.15) is 13.8 Å². The number of piperazine rings is 1. The molecule has 0 unspecified atom stereocenters. The molecule has 1 aliphatic rings. The Morgan fingerprint density at radius 2 is 2.26 bits per heavy atom. The minimum atomic E-state index is -0.473. The molecule has 0 aromatic heterocycles. The van der Waals surface area contributed by atoms with Crippen molar-refractivity contribution in [3.8, 4) is 5.75 Å². The molecule has 0 bridgehead atoms. The largest absolute Gasteiger partial charge is 0.480 e. The first-order chi connectivity index (χ1) is 9.09. The van der Waals surface area contributed by atoms with Gasteiger partial charge in [0, 0.05) is 25.7 Å². The third kappa shape index (κ3) is 3.48. The number of nitrogens with zero attached hydrogens (tertiary/aromatic N) is 1. The number of rotatable bonds is 3. The van der Waals surface area contributed by atoms with Crippen molar-refractivity contribution >= 4 is 21.8 Å². The molecule has 1 heterocycles. The lowest BCUT2D eigenvalue weighted by atomic mass is 10.2. The maximum absolute atomic E-state index is 12.4. The molecular weight excluding hydrogens is 308 g/mol. The fourth-order valence-electron chi connectivity index (χ4n) is 2.18. The van der Waals surface area contributed by atoms with Gasteiger partial charge in [0.25, 0.3) is 5.91 Å². The number of carbonyl (C=O) groups is 1. The Morgan fingerprint density at radius 1 is 1.53 bits per heavy atom. The van der Waals surface area contributed by atoms with Crippen molar-refractivity contribution in [3.05, 3.63) is 28.7 Å². The summed E-state index contributed by atoms with van der Waals surface area (Å²) in [4.78, 5) is 14.3. The second kappa shape index (κ2) is 6.39. The van der Waals surface area contributed by atoms with Crippen LogP contribution < -0.4 is 10.1 Å². The average Bonchev–Trinajstić information content (AvgIpc) is 2.41. The number of para-hydroxylation sites is 1. The van der Waals surface area contributed by atoms with E-state index in [1.165, 1.54) is 0 Å². The summed E-state index contributed by atoms with van der Waals surface area (Å²) in [6.07, 6.45) is -0.473. The summed E-state index contributed by atoms with van der Waals surface area (Å²) < 4.78 is 6.61. The van der Waals surface area contributed by atoms with Crippen molar-refractivity contribution in [1.82, 2.24) is 10.2 Å². The van der Waals surface area contributed by atoms with E-state index in [0.717, 1.165) is 24.1 Å². The van der Waals surface area contributed by atoms with E-state index in [1.807, 2.05) is 29.2 Å². The van der Waals surface area contributed by atoms with Crippen LogP contribution in [-0.4, -0.2) is 42.6 Å². The van der Waals surface area contributed by atoms with Gasteiger partial charge in [-0.05, 0) is 41.9 Å². The normalized spacial score (nSPS) is 21.0. The Balaban J connectivity index is 2.01. The number of benzene rings is 1. The third-order valence-corrected chi connectivity index (χ3v) is 3.93. The van der Waals surface area contributed by atoms with Crippen molar-refractivity contribution in [2.24, 2.45) is 0 Å². The smallest absolute Gasteiger partial charge is 0.263 e. The first-order valence-electron chi connectivity index (χ1n) is 6.52. The van der Waals surface area contributed by atoms with Gasteiger partial charge in [-0.1, -0.05) is 12.1 Å². The summed E-state index contributed by atoms with van der Waals surface area (Å²) in [7, 11) is 0. The minimum absolute atomic E-state index is 0.0461. The molecule has 0 aliphatic carbocycles. The van der Waals surface area contributed by atoms with E-state index < -0.39 is 6.10 Å². The Bertz CT molecular complexity index is 453. The van der Waals surface area contributed by atoms with E-state index in [1.54, 1.807) is 6.92 Å². The van der Waals surface area contributed by atoms with Gasteiger partial charge in [-0.25, -0.2) is 0 Å². The first kappa shape index (κ1) is 14.3. The van der Waals surface area contributed by atoms with Crippen LogP contribution in [0.15, 0.2) is 28.7 Å². The van der Waals surface area contributed by atoms with Crippen molar-refractivity contribution in [1.29, 1.82) is 0 Å². The summed E-state index contributed by atoms with van der Waals surface area (Å²) in [5.41, 5.74) is 0. The van der Waals surface area contributed by atoms with Gasteiger partial charge in [0.2, 0.25) is 0 Å². The van der Waals surface area contributed by atoms with Gasteiger partial charge in [0.05, 0.1) is 4.47 Å². The highest BCUT2D eigenvalue weighted by Gasteiger charge is 2.28. The van der Waals surface area contributed by atoms with E-state index >= 15 is 0 Å². The van der Waals surface area contributed by atoms with Gasteiger partial charge in [-0.3, -0.25) is 4.79 Å². The summed E-state index contributed by atoms with van der Waals surface area (Å²) in [6.45, 7) is 6.28. The van der Waals surface area contributed by atoms with Crippen molar-refractivity contribution < 1.29 is 9.53 Å². The molecule has 2 rings (SSSR count). The number of amides is 1. The molecule has 19 heavy (non-hydrogen) atoms. The summed E-state index contributed by atoms with van der Waals surface area (Å²) >= 11 is 3.42. The molecular formula is C14H19BrN2O2. The lowest BCUT2D eigenvalue weighted by molar-refractivity contribution is -0.140. The lowest BCUT2D eigenvalue weighted by Crippen LogP contribution is -2.55. The molecule has 1 saturated heterocycles. The molecule has 4 nitrogen and oxygen atoms in total. The Kier molecular flexibility index (Phi) is 4.82. The highest BCUT2D eigenvalue weighted by atomic mass is 79.9. The van der Waals surface area contributed by atoms with E-state index in [0.29, 0.717) is 5.75 Å². The van der Waals surface area contributed by atoms with Crippen LogP contribution in [0.2, 0.25) is 0 Å². The van der Waals surface area contributed by atoms with Crippen LogP contribution in [0.25, 0.3) is 0 Å². The standard InChI is InChI=1S/C14H19BrN2O2/c1-10-9-16-7-8-17(10)14(18)11(2)19-13-6-4-3-5-12(13)15/h3-6,10-11,16H,7-9H2,1-2H3/t10-,11+/m0/s1.